The van der Waals surface area contributed by atoms with Crippen molar-refractivity contribution in [3.05, 3.63) is 57.8 Å². The van der Waals surface area contributed by atoms with Crippen molar-refractivity contribution in [3.8, 4) is 0 Å². The zero-order chi connectivity index (χ0) is 19.0. The number of rotatable bonds is 4. The number of anilines is 1. The molecule has 2 heterocycles. The average molecular weight is 361 g/mol. The van der Waals surface area contributed by atoms with Gasteiger partial charge in [-0.2, -0.15) is 0 Å². The Labute approximate surface area is 147 Å². The summed E-state index contributed by atoms with van der Waals surface area (Å²) in [5, 5.41) is 2.63. The summed E-state index contributed by atoms with van der Waals surface area (Å²) in [6, 6.07) is 1.82. The largest absolute Gasteiger partial charge is 0.443 e. The first-order chi connectivity index (χ1) is 12.3. The van der Waals surface area contributed by atoms with Gasteiger partial charge in [-0.05, 0) is 32.4 Å². The highest BCUT2D eigenvalue weighted by Gasteiger charge is 2.24. The van der Waals surface area contributed by atoms with Crippen LogP contribution >= 0.6 is 0 Å². The van der Waals surface area contributed by atoms with E-state index in [1.165, 1.54) is 10.9 Å². The van der Waals surface area contributed by atoms with Crippen LogP contribution in [0.25, 0.3) is 11.1 Å². The van der Waals surface area contributed by atoms with Gasteiger partial charge in [0, 0.05) is 11.6 Å². The normalized spacial score (nSPS) is 12.3. The minimum absolute atomic E-state index is 0.202. The van der Waals surface area contributed by atoms with E-state index in [0.29, 0.717) is 16.7 Å². The van der Waals surface area contributed by atoms with E-state index >= 15 is 0 Å². The summed E-state index contributed by atoms with van der Waals surface area (Å²) in [7, 11) is 0. The number of aryl methyl sites for hydroxylation is 2. The van der Waals surface area contributed by atoms with Crippen LogP contribution in [0, 0.1) is 25.5 Å². The Morgan fingerprint density at radius 2 is 2.08 bits per heavy atom. The van der Waals surface area contributed by atoms with Gasteiger partial charge in [0.25, 0.3) is 5.56 Å². The maximum absolute atomic E-state index is 13.8. The maximum atomic E-state index is 13.8. The second-order valence-corrected chi connectivity index (χ2v) is 5.96. The van der Waals surface area contributed by atoms with E-state index in [0.717, 1.165) is 18.2 Å². The Kier molecular flexibility index (Phi) is 4.58. The number of halogens is 2. The second-order valence-electron chi connectivity index (χ2n) is 5.96. The summed E-state index contributed by atoms with van der Waals surface area (Å²) in [5.74, 6) is -1.52. The lowest BCUT2D eigenvalue weighted by Crippen LogP contribution is -2.33. The molecule has 1 atom stereocenters. The Hall–Kier alpha value is -3.03. The quantitative estimate of drug-likeness (QED) is 0.772. The van der Waals surface area contributed by atoms with Gasteiger partial charge in [0.15, 0.2) is 0 Å². The lowest BCUT2D eigenvalue weighted by atomic mass is 10.1. The Morgan fingerprint density at radius 1 is 1.35 bits per heavy atom. The molecule has 6 nitrogen and oxygen atoms in total. The molecule has 0 fully saturated rings. The average Bonchev–Trinajstić information content (AvgIpc) is 2.89. The minimum Gasteiger partial charge on any atom is -0.443 e. The zero-order valence-corrected chi connectivity index (χ0v) is 14.5. The number of nitrogens with one attached hydrogen (secondary N) is 1. The van der Waals surface area contributed by atoms with Gasteiger partial charge in [-0.25, -0.2) is 13.8 Å². The molecule has 0 bridgehead atoms. The molecule has 136 valence electrons. The van der Waals surface area contributed by atoms with Crippen molar-refractivity contribution in [2.75, 3.05) is 5.32 Å². The monoisotopic (exact) mass is 361 g/mol. The first-order valence-electron chi connectivity index (χ1n) is 8.06. The molecule has 0 radical (unpaired) electrons. The van der Waals surface area contributed by atoms with Gasteiger partial charge >= 0.3 is 0 Å². The van der Waals surface area contributed by atoms with Crippen molar-refractivity contribution < 1.29 is 18.0 Å². The molecular formula is C18H17F2N3O3. The van der Waals surface area contributed by atoms with Gasteiger partial charge in [0.05, 0.1) is 5.69 Å². The van der Waals surface area contributed by atoms with Crippen molar-refractivity contribution in [1.29, 1.82) is 0 Å². The molecule has 1 N–H and O–H groups in total. The van der Waals surface area contributed by atoms with Crippen molar-refractivity contribution >= 4 is 22.7 Å². The Balaban J connectivity index is 2.01. The third kappa shape index (κ3) is 2.98. The number of nitrogens with zero attached hydrogens (tertiary/aromatic N) is 2. The van der Waals surface area contributed by atoms with Crippen molar-refractivity contribution in [2.45, 2.75) is 33.2 Å². The molecule has 0 aliphatic carbocycles. The van der Waals surface area contributed by atoms with Crippen LogP contribution in [0.4, 0.5) is 14.5 Å². The van der Waals surface area contributed by atoms with Crippen LogP contribution < -0.4 is 10.9 Å². The number of aromatic nitrogens is 2. The van der Waals surface area contributed by atoms with E-state index in [9.17, 15) is 18.4 Å². The lowest BCUT2D eigenvalue weighted by molar-refractivity contribution is -0.119. The highest BCUT2D eigenvalue weighted by Crippen LogP contribution is 2.22. The minimum atomic E-state index is -0.934. The topological polar surface area (TPSA) is 77.1 Å². The molecule has 8 heteroatoms. The number of benzene rings is 1. The molecule has 0 saturated heterocycles. The van der Waals surface area contributed by atoms with Gasteiger partial charge < -0.3 is 9.73 Å². The van der Waals surface area contributed by atoms with Gasteiger partial charge in [-0.15, -0.1) is 0 Å². The first-order valence-corrected chi connectivity index (χ1v) is 8.06. The molecule has 3 rings (SSSR count). The number of amides is 1. The molecule has 0 spiro atoms. The fraction of sp³-hybridized carbons (Fsp3) is 0.278. The predicted octanol–water partition coefficient (Wildman–Crippen LogP) is 3.47. The van der Waals surface area contributed by atoms with E-state index in [-0.39, 0.29) is 17.8 Å². The van der Waals surface area contributed by atoms with E-state index in [2.05, 4.69) is 10.3 Å². The summed E-state index contributed by atoms with van der Waals surface area (Å²) >= 11 is 0. The zero-order valence-electron chi connectivity index (χ0n) is 14.5. The SMILES string of the molecule is CC[C@@H](C(=O)Nc1cc(F)ccc1F)n1cnc2oc(C)c(C)c2c1=O. The van der Waals surface area contributed by atoms with E-state index < -0.39 is 29.1 Å². The van der Waals surface area contributed by atoms with Crippen LogP contribution in [0.2, 0.25) is 0 Å². The predicted molar refractivity (Wildman–Crippen MR) is 92.1 cm³/mol. The van der Waals surface area contributed by atoms with Crippen molar-refractivity contribution in [3.63, 3.8) is 0 Å². The number of hydrogen-bond acceptors (Lipinski definition) is 4. The van der Waals surface area contributed by atoms with E-state index in [1.807, 2.05) is 0 Å². The summed E-state index contributed by atoms with van der Waals surface area (Å²) in [5.41, 5.74) is 0.142. The fourth-order valence-electron chi connectivity index (χ4n) is 2.79. The lowest BCUT2D eigenvalue weighted by Gasteiger charge is -2.17. The Morgan fingerprint density at radius 3 is 2.77 bits per heavy atom. The van der Waals surface area contributed by atoms with Gasteiger partial charge in [-0.1, -0.05) is 6.92 Å². The van der Waals surface area contributed by atoms with Crippen LogP contribution in [0.3, 0.4) is 0 Å². The highest BCUT2D eigenvalue weighted by molar-refractivity contribution is 5.94. The number of furan rings is 1. The molecule has 0 aliphatic heterocycles. The molecule has 26 heavy (non-hydrogen) atoms. The van der Waals surface area contributed by atoms with Gasteiger partial charge in [0.2, 0.25) is 11.6 Å². The molecule has 0 unspecified atom stereocenters. The summed E-state index contributed by atoms with van der Waals surface area (Å²) < 4.78 is 33.7. The molecule has 0 aliphatic rings. The van der Waals surface area contributed by atoms with Crippen LogP contribution in [0.5, 0.6) is 0 Å². The Bertz CT molecular complexity index is 1060. The maximum Gasteiger partial charge on any atom is 0.265 e. The summed E-state index contributed by atoms with van der Waals surface area (Å²) in [6.07, 6.45) is 1.48. The molecule has 0 saturated carbocycles. The van der Waals surface area contributed by atoms with E-state index in [1.54, 1.807) is 20.8 Å². The highest BCUT2D eigenvalue weighted by atomic mass is 19.1. The third-order valence-electron chi connectivity index (χ3n) is 4.33. The van der Waals surface area contributed by atoms with Crippen molar-refractivity contribution in [1.82, 2.24) is 9.55 Å². The summed E-state index contributed by atoms with van der Waals surface area (Å²) in [4.78, 5) is 29.5. The number of hydrogen-bond donors (Lipinski definition) is 1. The molecule has 1 aromatic carbocycles. The standard InChI is InChI=1S/C18H17F2N3O3/c1-4-14(16(24)22-13-7-11(19)5-6-12(13)20)23-8-21-17-15(18(23)25)9(2)10(3)26-17/h5-8,14H,4H2,1-3H3,(H,22,24)/t14-/m0/s1. The van der Waals surface area contributed by atoms with Crippen LogP contribution in [-0.2, 0) is 4.79 Å². The molecule has 2 aromatic heterocycles. The molecule has 1 amide bonds. The third-order valence-corrected chi connectivity index (χ3v) is 4.33. The first kappa shape index (κ1) is 17.8. The van der Waals surface area contributed by atoms with Crippen molar-refractivity contribution in [2.24, 2.45) is 0 Å². The van der Waals surface area contributed by atoms with Crippen LogP contribution in [0.1, 0.15) is 30.7 Å². The number of fused-ring (bicyclic) bond motifs is 1. The fourth-order valence-corrected chi connectivity index (χ4v) is 2.79. The van der Waals surface area contributed by atoms with Crippen LogP contribution in [0.15, 0.2) is 33.7 Å². The molecule has 3 aromatic rings. The van der Waals surface area contributed by atoms with Gasteiger partial charge in [0.1, 0.15) is 35.2 Å². The second kappa shape index (κ2) is 6.70. The van der Waals surface area contributed by atoms with Crippen LogP contribution in [-0.4, -0.2) is 15.5 Å². The number of carbonyl (C=O) groups is 1. The smallest absolute Gasteiger partial charge is 0.265 e. The van der Waals surface area contributed by atoms with Gasteiger partial charge in [-0.3, -0.25) is 14.2 Å². The van der Waals surface area contributed by atoms with E-state index in [4.69, 9.17) is 4.42 Å². The number of carbonyl (C=O) groups excluding carboxylic acids is 1. The molecular weight excluding hydrogens is 344 g/mol. The summed E-state index contributed by atoms with van der Waals surface area (Å²) in [6.45, 7) is 5.16.